The fraction of sp³-hybridized carbons (Fsp3) is 0.375. The number of methoxy groups -OCH3 is 1. The van der Waals surface area contributed by atoms with E-state index in [9.17, 15) is 0 Å². The molecule has 0 amide bonds. The van der Waals surface area contributed by atoms with Gasteiger partial charge in [0.2, 0.25) is 0 Å². The van der Waals surface area contributed by atoms with E-state index in [1.54, 1.807) is 7.11 Å². The highest BCUT2D eigenvalue weighted by atomic mass is 35.5. The van der Waals surface area contributed by atoms with Crippen LogP contribution >= 0.6 is 11.6 Å². The molecule has 3 rings (SSSR count). The molecule has 1 aliphatic rings. The molecule has 1 fully saturated rings. The molecular weight excluding hydrogens is 258 g/mol. The highest BCUT2D eigenvalue weighted by Gasteiger charge is 2.17. The smallest absolute Gasteiger partial charge is 0.122 e. The van der Waals surface area contributed by atoms with Gasteiger partial charge < -0.3 is 10.1 Å². The van der Waals surface area contributed by atoms with Crippen LogP contribution in [0.3, 0.4) is 0 Å². The van der Waals surface area contributed by atoms with Crippen LogP contribution in [0.4, 0.5) is 0 Å². The molecule has 0 bridgehead atoms. The molecule has 1 saturated heterocycles. The minimum absolute atomic E-state index is 0.575. The normalized spacial score (nSPS) is 18.9. The summed E-state index contributed by atoms with van der Waals surface area (Å²) in [5.74, 6) is 0.975. The van der Waals surface area contributed by atoms with Crippen LogP contribution in [0.25, 0.3) is 10.8 Å². The Bertz CT molecular complexity index is 591. The SMILES string of the molecule is COc1cc2ccc(Cl)cc2cc1CC1CCCN1. The highest BCUT2D eigenvalue weighted by Crippen LogP contribution is 2.29. The average Bonchev–Trinajstić information content (AvgIpc) is 2.91. The predicted octanol–water partition coefficient (Wildman–Crippen LogP) is 3.80. The second kappa shape index (κ2) is 5.40. The quantitative estimate of drug-likeness (QED) is 0.920. The molecule has 1 N–H and O–H groups in total. The summed E-state index contributed by atoms with van der Waals surface area (Å²) in [6.07, 6.45) is 3.54. The van der Waals surface area contributed by atoms with Crippen LogP contribution in [0.5, 0.6) is 5.75 Å². The summed E-state index contributed by atoms with van der Waals surface area (Å²) in [6, 6.07) is 10.9. The molecule has 0 aliphatic carbocycles. The van der Waals surface area contributed by atoms with Gasteiger partial charge >= 0.3 is 0 Å². The maximum Gasteiger partial charge on any atom is 0.122 e. The van der Waals surface area contributed by atoms with Gasteiger partial charge in [-0.1, -0.05) is 17.7 Å². The Morgan fingerprint density at radius 2 is 2.16 bits per heavy atom. The first-order valence-corrected chi connectivity index (χ1v) is 7.13. The lowest BCUT2D eigenvalue weighted by Crippen LogP contribution is -2.23. The molecule has 0 radical (unpaired) electrons. The summed E-state index contributed by atoms with van der Waals surface area (Å²) in [6.45, 7) is 1.13. The molecule has 0 saturated carbocycles. The topological polar surface area (TPSA) is 21.3 Å². The molecule has 1 heterocycles. The minimum atomic E-state index is 0.575. The van der Waals surface area contributed by atoms with E-state index in [0.717, 1.165) is 23.7 Å². The summed E-state index contributed by atoms with van der Waals surface area (Å²) < 4.78 is 5.53. The molecule has 100 valence electrons. The van der Waals surface area contributed by atoms with E-state index in [4.69, 9.17) is 16.3 Å². The van der Waals surface area contributed by atoms with Crippen LogP contribution in [0, 0.1) is 0 Å². The zero-order valence-corrected chi connectivity index (χ0v) is 11.8. The van der Waals surface area contributed by atoms with Gasteiger partial charge in [-0.25, -0.2) is 0 Å². The summed E-state index contributed by atoms with van der Waals surface area (Å²) in [5.41, 5.74) is 1.26. The largest absolute Gasteiger partial charge is 0.496 e. The van der Waals surface area contributed by atoms with Crippen molar-refractivity contribution >= 4 is 22.4 Å². The summed E-state index contributed by atoms with van der Waals surface area (Å²) in [5, 5.41) is 6.67. The number of nitrogens with one attached hydrogen (secondary N) is 1. The lowest BCUT2D eigenvalue weighted by molar-refractivity contribution is 0.407. The van der Waals surface area contributed by atoms with Crippen LogP contribution < -0.4 is 10.1 Å². The number of ether oxygens (including phenoxy) is 1. The Labute approximate surface area is 118 Å². The number of rotatable bonds is 3. The molecule has 2 aromatic carbocycles. The fourth-order valence-corrected chi connectivity index (χ4v) is 3.02. The summed E-state index contributed by atoms with van der Waals surface area (Å²) in [7, 11) is 1.74. The van der Waals surface area contributed by atoms with Crippen molar-refractivity contribution < 1.29 is 4.74 Å². The molecule has 2 nitrogen and oxygen atoms in total. The number of fused-ring (bicyclic) bond motifs is 1. The maximum absolute atomic E-state index is 6.07. The molecule has 1 aliphatic heterocycles. The van der Waals surface area contributed by atoms with Crippen molar-refractivity contribution in [3.8, 4) is 5.75 Å². The fourth-order valence-electron chi connectivity index (χ4n) is 2.84. The lowest BCUT2D eigenvalue weighted by atomic mass is 9.99. The Hall–Kier alpha value is -1.25. The standard InChI is InChI=1S/C16H18ClNO/c1-19-16-10-11-4-5-14(17)8-12(11)7-13(16)9-15-3-2-6-18-15/h4-5,7-8,10,15,18H,2-3,6,9H2,1H3. The van der Waals surface area contributed by atoms with Gasteiger partial charge in [0.1, 0.15) is 5.75 Å². The van der Waals surface area contributed by atoms with Gasteiger partial charge in [0, 0.05) is 11.1 Å². The first kappa shape index (κ1) is 12.8. The van der Waals surface area contributed by atoms with Crippen molar-refractivity contribution in [2.24, 2.45) is 0 Å². The number of hydrogen-bond acceptors (Lipinski definition) is 2. The minimum Gasteiger partial charge on any atom is -0.496 e. The third kappa shape index (κ3) is 2.70. The summed E-state index contributed by atoms with van der Waals surface area (Å²) >= 11 is 6.07. The van der Waals surface area contributed by atoms with Crippen molar-refractivity contribution in [2.75, 3.05) is 13.7 Å². The van der Waals surface area contributed by atoms with Gasteiger partial charge in [0.25, 0.3) is 0 Å². The van der Waals surface area contributed by atoms with Crippen molar-refractivity contribution in [2.45, 2.75) is 25.3 Å². The van der Waals surface area contributed by atoms with Gasteiger partial charge in [-0.05, 0) is 66.4 Å². The molecule has 2 aromatic rings. The van der Waals surface area contributed by atoms with E-state index in [2.05, 4.69) is 17.4 Å². The van der Waals surface area contributed by atoms with Crippen molar-refractivity contribution in [1.29, 1.82) is 0 Å². The third-order valence-electron chi connectivity index (χ3n) is 3.83. The third-order valence-corrected chi connectivity index (χ3v) is 4.07. The van der Waals surface area contributed by atoms with Gasteiger partial charge in [-0.15, -0.1) is 0 Å². The van der Waals surface area contributed by atoms with Crippen LogP contribution in [0.2, 0.25) is 5.02 Å². The maximum atomic E-state index is 6.07. The van der Waals surface area contributed by atoms with Gasteiger partial charge in [0.15, 0.2) is 0 Å². The van der Waals surface area contributed by atoms with E-state index in [1.165, 1.54) is 29.2 Å². The van der Waals surface area contributed by atoms with E-state index < -0.39 is 0 Å². The first-order chi connectivity index (χ1) is 9.26. The Balaban J connectivity index is 2.00. The van der Waals surface area contributed by atoms with Crippen molar-refractivity contribution in [1.82, 2.24) is 5.32 Å². The Morgan fingerprint density at radius 3 is 2.89 bits per heavy atom. The average molecular weight is 276 g/mol. The van der Waals surface area contributed by atoms with Crippen LogP contribution in [-0.4, -0.2) is 19.7 Å². The number of hydrogen-bond donors (Lipinski definition) is 1. The Kier molecular flexibility index (Phi) is 3.63. The monoisotopic (exact) mass is 275 g/mol. The van der Waals surface area contributed by atoms with Gasteiger partial charge in [0.05, 0.1) is 7.11 Å². The second-order valence-corrected chi connectivity index (χ2v) is 5.59. The summed E-state index contributed by atoms with van der Waals surface area (Å²) in [4.78, 5) is 0. The van der Waals surface area contributed by atoms with Gasteiger partial charge in [-0.3, -0.25) is 0 Å². The van der Waals surface area contributed by atoms with Crippen LogP contribution in [0.1, 0.15) is 18.4 Å². The molecular formula is C16H18ClNO. The Morgan fingerprint density at radius 1 is 1.26 bits per heavy atom. The second-order valence-electron chi connectivity index (χ2n) is 5.15. The van der Waals surface area contributed by atoms with E-state index in [1.807, 2.05) is 18.2 Å². The van der Waals surface area contributed by atoms with E-state index in [-0.39, 0.29) is 0 Å². The van der Waals surface area contributed by atoms with Crippen LogP contribution in [0.15, 0.2) is 30.3 Å². The zero-order chi connectivity index (χ0) is 13.2. The highest BCUT2D eigenvalue weighted by molar-refractivity contribution is 6.31. The molecule has 1 unspecified atom stereocenters. The first-order valence-electron chi connectivity index (χ1n) is 6.76. The molecule has 0 spiro atoms. The zero-order valence-electron chi connectivity index (χ0n) is 11.1. The lowest BCUT2D eigenvalue weighted by Gasteiger charge is -2.15. The van der Waals surface area contributed by atoms with Crippen molar-refractivity contribution in [3.05, 3.63) is 40.9 Å². The van der Waals surface area contributed by atoms with Gasteiger partial charge in [-0.2, -0.15) is 0 Å². The van der Waals surface area contributed by atoms with Crippen LogP contribution in [-0.2, 0) is 6.42 Å². The van der Waals surface area contributed by atoms with E-state index >= 15 is 0 Å². The van der Waals surface area contributed by atoms with E-state index in [0.29, 0.717) is 6.04 Å². The number of halogens is 1. The predicted molar refractivity (Wildman–Crippen MR) is 80.2 cm³/mol. The molecule has 19 heavy (non-hydrogen) atoms. The molecule has 3 heteroatoms. The van der Waals surface area contributed by atoms with Crippen molar-refractivity contribution in [3.63, 3.8) is 0 Å². The molecule has 0 aromatic heterocycles. The molecule has 1 atom stereocenters. The number of benzene rings is 2.